The number of nitrogens with zero attached hydrogens (tertiary/aromatic N) is 1. The molecule has 0 aliphatic heterocycles. The molecule has 0 spiro atoms. The summed E-state index contributed by atoms with van der Waals surface area (Å²) in [6.45, 7) is 4.41. The number of ether oxygens (including phenoxy) is 2. The highest BCUT2D eigenvalue weighted by molar-refractivity contribution is 7.47. The number of carbonyl (C=O) groups is 2. The lowest BCUT2D eigenvalue weighted by Crippen LogP contribution is -2.37. The molecule has 9 nitrogen and oxygen atoms in total. The first-order valence-electron chi connectivity index (χ1n) is 22.9. The third kappa shape index (κ3) is 42.2. The topological polar surface area (TPSA) is 108 Å². The molecule has 0 heterocycles. The molecule has 10 heteroatoms. The highest BCUT2D eigenvalue weighted by Crippen LogP contribution is 2.43. The van der Waals surface area contributed by atoms with Crippen molar-refractivity contribution < 1.29 is 42.1 Å². The summed E-state index contributed by atoms with van der Waals surface area (Å²) in [5.41, 5.74) is 0. The Bertz CT molecular complexity index is 954. The van der Waals surface area contributed by atoms with Crippen molar-refractivity contribution in [2.75, 3.05) is 47.5 Å². The molecule has 0 amide bonds. The van der Waals surface area contributed by atoms with Gasteiger partial charge in [0.05, 0.1) is 27.7 Å². The number of allylic oxidation sites excluding steroid dienone is 2. The third-order valence-corrected chi connectivity index (χ3v) is 11.0. The van der Waals surface area contributed by atoms with Gasteiger partial charge < -0.3 is 18.9 Å². The van der Waals surface area contributed by atoms with Crippen LogP contribution in [0, 0.1) is 0 Å². The van der Waals surface area contributed by atoms with Gasteiger partial charge in [0.25, 0.3) is 0 Å². The molecule has 0 saturated heterocycles. The Kier molecular flexibility index (Phi) is 37.4. The van der Waals surface area contributed by atoms with Crippen LogP contribution >= 0.6 is 7.82 Å². The van der Waals surface area contributed by atoms with Gasteiger partial charge in [0.15, 0.2) is 6.10 Å². The van der Waals surface area contributed by atoms with Crippen LogP contribution in [0.5, 0.6) is 0 Å². The maximum absolute atomic E-state index is 12.7. The molecule has 55 heavy (non-hydrogen) atoms. The molecular formula is C45H89NO8P+. The number of rotatable bonds is 42. The van der Waals surface area contributed by atoms with Crippen LogP contribution in [-0.4, -0.2) is 74.9 Å². The Labute approximate surface area is 339 Å². The van der Waals surface area contributed by atoms with E-state index in [0.717, 1.165) is 32.1 Å². The number of esters is 2. The number of hydrogen-bond acceptors (Lipinski definition) is 7. The lowest BCUT2D eigenvalue weighted by Gasteiger charge is -2.24. The van der Waals surface area contributed by atoms with Gasteiger partial charge in [-0.05, 0) is 25.7 Å². The summed E-state index contributed by atoms with van der Waals surface area (Å²) in [5.74, 6) is -0.844. The number of quaternary nitrogens is 1. The Hall–Kier alpha value is -1.25. The molecule has 2 atom stereocenters. The number of hydrogen-bond donors (Lipinski definition) is 1. The first-order chi connectivity index (χ1) is 26.5. The fraction of sp³-hybridized carbons (Fsp3) is 0.911. The molecule has 0 radical (unpaired) electrons. The number of carbonyl (C=O) groups excluding carboxylic acids is 2. The van der Waals surface area contributed by atoms with Crippen molar-refractivity contribution >= 4 is 19.8 Å². The number of phosphoric ester groups is 1. The molecule has 0 aliphatic rings. The van der Waals surface area contributed by atoms with Crippen molar-refractivity contribution in [1.29, 1.82) is 0 Å². The van der Waals surface area contributed by atoms with Crippen LogP contribution < -0.4 is 0 Å². The molecule has 0 rings (SSSR count). The molecule has 326 valence electrons. The van der Waals surface area contributed by atoms with Gasteiger partial charge in [-0.25, -0.2) is 4.57 Å². The molecular weight excluding hydrogens is 713 g/mol. The van der Waals surface area contributed by atoms with Gasteiger partial charge in [-0.3, -0.25) is 18.6 Å². The second-order valence-corrected chi connectivity index (χ2v) is 18.2. The standard InChI is InChI=1S/C45H88NO8P/c1-6-8-10-12-14-16-18-20-22-24-26-28-30-32-34-36-38-45(48)54-43(42-53-55(49,50)52-40-39-46(3,4)5)41-51-44(47)37-35-33-31-29-27-25-23-21-19-17-15-13-11-9-7-2/h32,34,43H,6-31,33,35-42H2,1-5H3/p+1/b34-32-. The van der Waals surface area contributed by atoms with Gasteiger partial charge in [-0.2, -0.15) is 0 Å². The number of phosphoric acid groups is 1. The van der Waals surface area contributed by atoms with Crippen molar-refractivity contribution in [3.05, 3.63) is 12.2 Å². The summed E-state index contributed by atoms with van der Waals surface area (Å²) in [6.07, 6.45) is 39.8. The minimum absolute atomic E-state index is 0.0293. The summed E-state index contributed by atoms with van der Waals surface area (Å²) in [5, 5.41) is 0. The molecule has 0 aromatic heterocycles. The van der Waals surface area contributed by atoms with E-state index in [9.17, 15) is 19.0 Å². The lowest BCUT2D eigenvalue weighted by atomic mass is 10.0. The van der Waals surface area contributed by atoms with Gasteiger partial charge in [0.1, 0.15) is 19.8 Å². The van der Waals surface area contributed by atoms with Gasteiger partial charge >= 0.3 is 19.8 Å². The predicted molar refractivity (Wildman–Crippen MR) is 229 cm³/mol. The monoisotopic (exact) mass is 803 g/mol. The zero-order valence-electron chi connectivity index (χ0n) is 36.7. The van der Waals surface area contributed by atoms with Crippen LogP contribution in [0.15, 0.2) is 12.2 Å². The molecule has 2 unspecified atom stereocenters. The van der Waals surface area contributed by atoms with E-state index in [0.29, 0.717) is 17.4 Å². The average molecular weight is 803 g/mol. The van der Waals surface area contributed by atoms with Crippen LogP contribution in [0.3, 0.4) is 0 Å². The fourth-order valence-corrected chi connectivity index (χ4v) is 7.19. The van der Waals surface area contributed by atoms with E-state index < -0.39 is 26.5 Å². The molecule has 0 saturated carbocycles. The fourth-order valence-electron chi connectivity index (χ4n) is 6.44. The average Bonchev–Trinajstić information content (AvgIpc) is 3.13. The van der Waals surface area contributed by atoms with Crippen molar-refractivity contribution in [2.24, 2.45) is 0 Å². The summed E-state index contributed by atoms with van der Waals surface area (Å²) < 4.78 is 34.3. The zero-order valence-corrected chi connectivity index (χ0v) is 37.6. The van der Waals surface area contributed by atoms with E-state index in [1.165, 1.54) is 148 Å². The number of likely N-dealkylation sites (N-methyl/N-ethyl adjacent to an activating group) is 1. The Morgan fingerprint density at radius 1 is 0.545 bits per heavy atom. The smallest absolute Gasteiger partial charge is 0.462 e. The van der Waals surface area contributed by atoms with E-state index in [2.05, 4.69) is 19.9 Å². The van der Waals surface area contributed by atoms with Crippen LogP contribution in [0.1, 0.15) is 213 Å². The summed E-state index contributed by atoms with van der Waals surface area (Å²) in [6, 6.07) is 0. The largest absolute Gasteiger partial charge is 0.472 e. The molecule has 0 aromatic rings. The second-order valence-electron chi connectivity index (χ2n) is 16.8. The first kappa shape index (κ1) is 53.8. The zero-order chi connectivity index (χ0) is 40.7. The van der Waals surface area contributed by atoms with Crippen molar-refractivity contribution in [1.82, 2.24) is 0 Å². The maximum atomic E-state index is 12.7. The van der Waals surface area contributed by atoms with E-state index in [1.807, 2.05) is 27.2 Å². The first-order valence-corrected chi connectivity index (χ1v) is 24.4. The third-order valence-electron chi connectivity index (χ3n) is 10.1. The van der Waals surface area contributed by atoms with E-state index in [4.69, 9.17) is 18.5 Å². The number of unbranched alkanes of at least 4 members (excludes halogenated alkanes) is 26. The minimum atomic E-state index is -4.38. The molecule has 0 aromatic carbocycles. The normalized spacial score (nSPS) is 13.6. The second kappa shape index (κ2) is 38.3. The van der Waals surface area contributed by atoms with E-state index in [1.54, 1.807) is 0 Å². The Morgan fingerprint density at radius 3 is 1.42 bits per heavy atom. The van der Waals surface area contributed by atoms with Crippen LogP contribution in [0.4, 0.5) is 0 Å². The van der Waals surface area contributed by atoms with Gasteiger partial charge in [0.2, 0.25) is 0 Å². The van der Waals surface area contributed by atoms with Gasteiger partial charge in [0, 0.05) is 12.8 Å². The van der Waals surface area contributed by atoms with Crippen molar-refractivity contribution in [2.45, 2.75) is 219 Å². The summed E-state index contributed by atoms with van der Waals surface area (Å²) in [7, 11) is 1.47. The highest BCUT2D eigenvalue weighted by Gasteiger charge is 2.27. The summed E-state index contributed by atoms with van der Waals surface area (Å²) in [4.78, 5) is 35.3. The van der Waals surface area contributed by atoms with Crippen LogP contribution in [0.25, 0.3) is 0 Å². The maximum Gasteiger partial charge on any atom is 0.472 e. The van der Waals surface area contributed by atoms with Gasteiger partial charge in [-0.15, -0.1) is 0 Å². The van der Waals surface area contributed by atoms with E-state index in [-0.39, 0.29) is 32.0 Å². The molecule has 1 N–H and O–H groups in total. The molecule has 0 fully saturated rings. The highest BCUT2D eigenvalue weighted by atomic mass is 31.2. The van der Waals surface area contributed by atoms with E-state index >= 15 is 0 Å². The van der Waals surface area contributed by atoms with Crippen molar-refractivity contribution in [3.8, 4) is 0 Å². The van der Waals surface area contributed by atoms with Gasteiger partial charge in [-0.1, -0.05) is 187 Å². The molecule has 0 aliphatic carbocycles. The summed E-state index contributed by atoms with van der Waals surface area (Å²) >= 11 is 0. The lowest BCUT2D eigenvalue weighted by molar-refractivity contribution is -0.870. The molecule has 0 bridgehead atoms. The SMILES string of the molecule is CCCCCCCCCCCCCC/C=C\CCC(=O)OC(COC(=O)CCCCCCCCCCCCCCCCC)COP(=O)(O)OCC[N+](C)(C)C. The van der Waals surface area contributed by atoms with Crippen molar-refractivity contribution in [3.63, 3.8) is 0 Å². The Balaban J connectivity index is 4.35. The predicted octanol–water partition coefficient (Wildman–Crippen LogP) is 13.0. The Morgan fingerprint density at radius 2 is 0.964 bits per heavy atom. The van der Waals surface area contributed by atoms with Crippen LogP contribution in [-0.2, 0) is 32.7 Å². The minimum Gasteiger partial charge on any atom is -0.462 e. The van der Waals surface area contributed by atoms with Crippen LogP contribution in [0.2, 0.25) is 0 Å². The quantitative estimate of drug-likeness (QED) is 0.0214.